The van der Waals surface area contributed by atoms with Gasteiger partial charge in [0.15, 0.2) is 0 Å². The zero-order valence-corrected chi connectivity index (χ0v) is 11.0. The van der Waals surface area contributed by atoms with E-state index in [0.29, 0.717) is 24.2 Å². The lowest BCUT2D eigenvalue weighted by molar-refractivity contribution is -0.136. The first kappa shape index (κ1) is 13.7. The first-order chi connectivity index (χ1) is 8.04. The summed E-state index contributed by atoms with van der Waals surface area (Å²) in [5, 5.41) is 8.64. The molecule has 1 rings (SSSR count). The molecule has 0 aliphatic heterocycles. The van der Waals surface area contributed by atoms with Gasteiger partial charge in [-0.3, -0.25) is 4.79 Å². The molecule has 0 fully saturated rings. The summed E-state index contributed by atoms with van der Waals surface area (Å²) in [7, 11) is 0. The molecule has 1 N–H and O–H groups in total. The quantitative estimate of drug-likeness (QED) is 0.849. The van der Waals surface area contributed by atoms with Gasteiger partial charge in [-0.05, 0) is 31.0 Å². The number of hydrogen-bond donors (Lipinski definition) is 1. The summed E-state index contributed by atoms with van der Waals surface area (Å²) in [6.45, 7) is 2.02. The van der Waals surface area contributed by atoms with Crippen LogP contribution in [-0.4, -0.2) is 23.7 Å². The van der Waals surface area contributed by atoms with E-state index in [9.17, 15) is 9.59 Å². The van der Waals surface area contributed by atoms with Gasteiger partial charge >= 0.3 is 11.9 Å². The zero-order valence-electron chi connectivity index (χ0n) is 9.40. The van der Waals surface area contributed by atoms with Crippen LogP contribution in [-0.2, 0) is 16.0 Å². The molecular weight excluding hydrogens is 288 g/mol. The van der Waals surface area contributed by atoms with Crippen LogP contribution >= 0.6 is 15.9 Å². The van der Waals surface area contributed by atoms with Gasteiger partial charge in [0.2, 0.25) is 0 Å². The zero-order chi connectivity index (χ0) is 12.8. The number of carbonyl (C=O) groups is 2. The topological polar surface area (TPSA) is 63.6 Å². The number of carbonyl (C=O) groups excluding carboxylic acids is 1. The number of benzene rings is 1. The molecule has 0 aliphatic rings. The smallest absolute Gasteiger partial charge is 0.338 e. The Hall–Kier alpha value is -1.36. The molecular formula is C12H13BrO4. The number of hydrogen-bond acceptors (Lipinski definition) is 3. The Bertz CT molecular complexity index is 429. The van der Waals surface area contributed by atoms with E-state index in [2.05, 4.69) is 15.9 Å². The molecule has 0 radical (unpaired) electrons. The number of halogens is 1. The van der Waals surface area contributed by atoms with Crippen LogP contribution in [0.25, 0.3) is 0 Å². The number of rotatable bonds is 5. The van der Waals surface area contributed by atoms with E-state index in [-0.39, 0.29) is 6.42 Å². The van der Waals surface area contributed by atoms with Gasteiger partial charge in [-0.25, -0.2) is 4.79 Å². The maximum Gasteiger partial charge on any atom is 0.338 e. The van der Waals surface area contributed by atoms with E-state index >= 15 is 0 Å². The molecule has 0 unspecified atom stereocenters. The third-order valence-electron chi connectivity index (χ3n) is 2.18. The number of aliphatic carboxylic acids is 1. The fourth-order valence-electron chi connectivity index (χ4n) is 1.41. The van der Waals surface area contributed by atoms with Crippen molar-refractivity contribution in [3.8, 4) is 0 Å². The van der Waals surface area contributed by atoms with Crippen molar-refractivity contribution in [3.63, 3.8) is 0 Å². The second-order valence-electron chi connectivity index (χ2n) is 3.42. The van der Waals surface area contributed by atoms with Crippen molar-refractivity contribution >= 4 is 27.9 Å². The molecule has 0 saturated heterocycles. The van der Waals surface area contributed by atoms with E-state index in [1.807, 2.05) is 0 Å². The van der Waals surface area contributed by atoms with Gasteiger partial charge in [-0.1, -0.05) is 22.0 Å². The van der Waals surface area contributed by atoms with Crippen molar-refractivity contribution in [2.75, 3.05) is 6.61 Å². The maximum absolute atomic E-state index is 11.7. The van der Waals surface area contributed by atoms with Crippen molar-refractivity contribution < 1.29 is 19.4 Å². The summed E-state index contributed by atoms with van der Waals surface area (Å²) in [6, 6.07) is 5.16. The van der Waals surface area contributed by atoms with E-state index in [1.165, 1.54) is 0 Å². The van der Waals surface area contributed by atoms with Crippen LogP contribution in [0.15, 0.2) is 22.7 Å². The SMILES string of the molecule is CCOC(=O)c1cc(Br)ccc1CCC(=O)O. The standard InChI is InChI=1S/C12H13BrO4/c1-2-17-12(16)10-7-9(13)5-3-8(10)4-6-11(14)15/h3,5,7H,2,4,6H2,1H3,(H,14,15). The second kappa shape index (κ2) is 6.39. The highest BCUT2D eigenvalue weighted by Crippen LogP contribution is 2.19. The molecule has 92 valence electrons. The fraction of sp³-hybridized carbons (Fsp3) is 0.333. The predicted molar refractivity (Wildman–Crippen MR) is 66.1 cm³/mol. The van der Waals surface area contributed by atoms with Crippen LogP contribution in [0, 0.1) is 0 Å². The summed E-state index contributed by atoms with van der Waals surface area (Å²) in [5.74, 6) is -1.31. The van der Waals surface area contributed by atoms with Gasteiger partial charge in [0.1, 0.15) is 0 Å². The molecule has 1 aromatic rings. The third kappa shape index (κ3) is 4.19. The highest BCUT2D eigenvalue weighted by molar-refractivity contribution is 9.10. The lowest BCUT2D eigenvalue weighted by Gasteiger charge is -2.08. The minimum atomic E-state index is -0.886. The van der Waals surface area contributed by atoms with Gasteiger partial charge < -0.3 is 9.84 Å². The fourth-order valence-corrected chi connectivity index (χ4v) is 1.77. The molecule has 0 aliphatic carbocycles. The summed E-state index contributed by atoms with van der Waals surface area (Å²) >= 11 is 3.27. The summed E-state index contributed by atoms with van der Waals surface area (Å²) in [6.07, 6.45) is 0.310. The van der Waals surface area contributed by atoms with E-state index < -0.39 is 11.9 Å². The molecule has 0 spiro atoms. The van der Waals surface area contributed by atoms with Gasteiger partial charge in [-0.15, -0.1) is 0 Å². The predicted octanol–water partition coefficient (Wildman–Crippen LogP) is 2.64. The average molecular weight is 301 g/mol. The van der Waals surface area contributed by atoms with Crippen LogP contribution in [0.3, 0.4) is 0 Å². The Labute approximate surface area is 108 Å². The number of esters is 1. The minimum Gasteiger partial charge on any atom is -0.481 e. The van der Waals surface area contributed by atoms with Crippen molar-refractivity contribution in [3.05, 3.63) is 33.8 Å². The second-order valence-corrected chi connectivity index (χ2v) is 4.33. The Morgan fingerprint density at radius 1 is 1.41 bits per heavy atom. The van der Waals surface area contributed by atoms with Crippen LogP contribution in [0.2, 0.25) is 0 Å². The molecule has 0 bridgehead atoms. The van der Waals surface area contributed by atoms with Crippen LogP contribution < -0.4 is 0 Å². The van der Waals surface area contributed by atoms with E-state index in [4.69, 9.17) is 9.84 Å². The van der Waals surface area contributed by atoms with Gasteiger partial charge in [-0.2, -0.15) is 0 Å². The number of carboxylic acids is 1. The highest BCUT2D eigenvalue weighted by Gasteiger charge is 2.13. The first-order valence-electron chi connectivity index (χ1n) is 5.22. The number of carboxylic acid groups (broad SMARTS) is 1. The molecule has 0 heterocycles. The molecule has 1 aromatic carbocycles. The molecule has 4 nitrogen and oxygen atoms in total. The average Bonchev–Trinajstić information content (AvgIpc) is 2.27. The summed E-state index contributed by atoms with van der Waals surface area (Å²) < 4.78 is 5.69. The Morgan fingerprint density at radius 2 is 2.12 bits per heavy atom. The van der Waals surface area contributed by atoms with E-state index in [1.54, 1.807) is 25.1 Å². The highest BCUT2D eigenvalue weighted by atomic mass is 79.9. The van der Waals surface area contributed by atoms with Crippen LogP contribution in [0.1, 0.15) is 29.3 Å². The number of ether oxygens (including phenoxy) is 1. The molecule has 0 saturated carbocycles. The molecule has 0 aromatic heterocycles. The van der Waals surface area contributed by atoms with Gasteiger partial charge in [0.05, 0.1) is 12.2 Å². The Kier molecular flexibility index (Phi) is 5.15. The molecule has 0 amide bonds. The summed E-state index contributed by atoms with van der Waals surface area (Å²) in [4.78, 5) is 22.2. The molecule has 17 heavy (non-hydrogen) atoms. The maximum atomic E-state index is 11.7. The lowest BCUT2D eigenvalue weighted by Crippen LogP contribution is -2.09. The minimum absolute atomic E-state index is 0.00592. The first-order valence-corrected chi connectivity index (χ1v) is 6.01. The van der Waals surface area contributed by atoms with Gasteiger partial charge in [0, 0.05) is 10.9 Å². The van der Waals surface area contributed by atoms with Crippen LogP contribution in [0.4, 0.5) is 0 Å². The third-order valence-corrected chi connectivity index (χ3v) is 2.67. The Morgan fingerprint density at radius 3 is 2.71 bits per heavy atom. The van der Waals surface area contributed by atoms with Crippen molar-refractivity contribution in [1.82, 2.24) is 0 Å². The molecule has 0 atom stereocenters. The van der Waals surface area contributed by atoms with Crippen molar-refractivity contribution in [2.45, 2.75) is 19.8 Å². The van der Waals surface area contributed by atoms with Crippen molar-refractivity contribution in [2.24, 2.45) is 0 Å². The largest absolute Gasteiger partial charge is 0.481 e. The normalized spacial score (nSPS) is 10.0. The van der Waals surface area contributed by atoms with E-state index in [0.717, 1.165) is 4.47 Å². The monoisotopic (exact) mass is 300 g/mol. The van der Waals surface area contributed by atoms with Crippen LogP contribution in [0.5, 0.6) is 0 Å². The lowest BCUT2D eigenvalue weighted by atomic mass is 10.0. The van der Waals surface area contributed by atoms with Gasteiger partial charge in [0.25, 0.3) is 0 Å². The molecule has 5 heteroatoms. The Balaban J connectivity index is 2.95. The summed E-state index contributed by atoms with van der Waals surface area (Å²) in [5.41, 5.74) is 1.11. The van der Waals surface area contributed by atoms with Crippen molar-refractivity contribution in [1.29, 1.82) is 0 Å². The number of aryl methyl sites for hydroxylation is 1.